The summed E-state index contributed by atoms with van der Waals surface area (Å²) in [5.41, 5.74) is 2.37. The molecule has 1 aliphatic rings. The normalized spacial score (nSPS) is 20.7. The van der Waals surface area contributed by atoms with Gasteiger partial charge in [-0.05, 0) is 39.1 Å². The maximum Gasteiger partial charge on any atom is 0.133 e. The Kier molecular flexibility index (Phi) is 4.45. The Balaban J connectivity index is 2.05. The first-order valence-electron chi connectivity index (χ1n) is 7.59. The fourth-order valence-corrected chi connectivity index (χ4v) is 3.60. The largest absolute Gasteiger partial charge is 0.352 e. The number of likely N-dealkylation sites (N-methyl/N-ethyl adjacent to an activating group) is 1. The van der Waals surface area contributed by atoms with E-state index in [4.69, 9.17) is 4.98 Å². The molecule has 0 amide bonds. The van der Waals surface area contributed by atoms with Crippen molar-refractivity contribution in [1.82, 2.24) is 9.88 Å². The summed E-state index contributed by atoms with van der Waals surface area (Å²) in [6, 6.07) is 11.1. The molecule has 1 aromatic heterocycles. The van der Waals surface area contributed by atoms with Crippen LogP contribution in [0.25, 0.3) is 10.9 Å². The van der Waals surface area contributed by atoms with Gasteiger partial charge in [-0.1, -0.05) is 34.1 Å². The lowest BCUT2D eigenvalue weighted by Crippen LogP contribution is -2.39. The molecule has 0 spiro atoms. The highest BCUT2D eigenvalue weighted by Crippen LogP contribution is 2.28. The van der Waals surface area contributed by atoms with Crippen molar-refractivity contribution in [1.29, 1.82) is 0 Å². The number of pyridine rings is 1. The van der Waals surface area contributed by atoms with Crippen molar-refractivity contribution in [2.24, 2.45) is 0 Å². The summed E-state index contributed by atoms with van der Waals surface area (Å²) < 4.78 is 0. The van der Waals surface area contributed by atoms with E-state index < -0.39 is 0 Å². The Morgan fingerprint density at radius 3 is 2.90 bits per heavy atom. The molecule has 1 saturated heterocycles. The number of hydrogen-bond donors (Lipinski definition) is 0. The number of hydrogen-bond acceptors (Lipinski definition) is 3. The molecule has 1 aliphatic heterocycles. The molecule has 1 aromatic carbocycles. The van der Waals surface area contributed by atoms with Crippen molar-refractivity contribution in [3.05, 3.63) is 35.9 Å². The zero-order chi connectivity index (χ0) is 14.8. The molecule has 0 bridgehead atoms. The zero-order valence-corrected chi connectivity index (χ0v) is 14.3. The number of alkyl halides is 1. The summed E-state index contributed by atoms with van der Waals surface area (Å²) in [5, 5.41) is 2.06. The van der Waals surface area contributed by atoms with Crippen molar-refractivity contribution in [3.8, 4) is 0 Å². The fraction of sp³-hybridized carbons (Fsp3) is 0.471. The van der Waals surface area contributed by atoms with Gasteiger partial charge in [0.1, 0.15) is 5.82 Å². The molecule has 1 atom stereocenters. The topological polar surface area (TPSA) is 19.4 Å². The van der Waals surface area contributed by atoms with E-state index in [0.717, 1.165) is 36.3 Å². The fourth-order valence-electron chi connectivity index (χ4n) is 3.18. The lowest BCUT2D eigenvalue weighted by Gasteiger charge is -2.30. The van der Waals surface area contributed by atoms with Crippen LogP contribution in [0.4, 0.5) is 5.82 Å². The van der Waals surface area contributed by atoms with Gasteiger partial charge in [0, 0.05) is 35.4 Å². The number of benzene rings is 1. The average molecular weight is 348 g/mol. The van der Waals surface area contributed by atoms with Crippen LogP contribution in [-0.4, -0.2) is 42.6 Å². The predicted octanol–water partition coefficient (Wildman–Crippen LogP) is 3.66. The molecule has 0 radical (unpaired) electrons. The minimum Gasteiger partial charge on any atom is -0.352 e. The van der Waals surface area contributed by atoms with Gasteiger partial charge < -0.3 is 9.80 Å². The van der Waals surface area contributed by atoms with E-state index in [-0.39, 0.29) is 0 Å². The number of fused-ring (bicyclic) bond motifs is 1. The monoisotopic (exact) mass is 347 g/mol. The van der Waals surface area contributed by atoms with Gasteiger partial charge in [-0.2, -0.15) is 0 Å². The van der Waals surface area contributed by atoms with Crippen molar-refractivity contribution in [2.75, 3.05) is 31.6 Å². The van der Waals surface area contributed by atoms with Gasteiger partial charge in [0.15, 0.2) is 0 Å². The van der Waals surface area contributed by atoms with Crippen molar-refractivity contribution in [3.63, 3.8) is 0 Å². The van der Waals surface area contributed by atoms with Gasteiger partial charge in [0.2, 0.25) is 0 Å². The first kappa shape index (κ1) is 14.8. The highest BCUT2D eigenvalue weighted by atomic mass is 79.9. The molecule has 2 aromatic rings. The first-order valence-corrected chi connectivity index (χ1v) is 8.71. The zero-order valence-electron chi connectivity index (χ0n) is 12.7. The number of anilines is 1. The quantitative estimate of drug-likeness (QED) is 0.772. The van der Waals surface area contributed by atoms with Crippen molar-refractivity contribution < 1.29 is 0 Å². The van der Waals surface area contributed by atoms with Crippen LogP contribution in [0.5, 0.6) is 0 Å². The number of aromatic nitrogens is 1. The van der Waals surface area contributed by atoms with Crippen LogP contribution < -0.4 is 4.90 Å². The van der Waals surface area contributed by atoms with Gasteiger partial charge in [-0.25, -0.2) is 4.98 Å². The summed E-state index contributed by atoms with van der Waals surface area (Å²) in [4.78, 5) is 9.86. The Hall–Kier alpha value is -1.13. The molecule has 21 heavy (non-hydrogen) atoms. The molecule has 1 unspecified atom stereocenters. The molecule has 3 nitrogen and oxygen atoms in total. The van der Waals surface area contributed by atoms with E-state index >= 15 is 0 Å². The number of nitrogens with zero attached hydrogens (tertiary/aromatic N) is 3. The molecule has 112 valence electrons. The molecule has 0 saturated carbocycles. The minimum absolute atomic E-state index is 0.490. The molecule has 4 heteroatoms. The van der Waals surface area contributed by atoms with Crippen LogP contribution in [0.15, 0.2) is 30.3 Å². The van der Waals surface area contributed by atoms with Gasteiger partial charge in [0.25, 0.3) is 0 Å². The summed E-state index contributed by atoms with van der Waals surface area (Å²) in [5.74, 6) is 1.15. The van der Waals surface area contributed by atoms with Crippen molar-refractivity contribution in [2.45, 2.75) is 24.7 Å². The van der Waals surface area contributed by atoms with E-state index in [1.807, 2.05) is 0 Å². The minimum atomic E-state index is 0.490. The molecule has 3 rings (SSSR count). The summed E-state index contributed by atoms with van der Waals surface area (Å²) >= 11 is 3.63. The number of para-hydroxylation sites is 1. The highest BCUT2D eigenvalue weighted by molar-refractivity contribution is 9.08. The SMILES string of the molecule is CC1CN(C)CCCN1c1nc2ccccc2cc1CBr. The second-order valence-electron chi connectivity index (χ2n) is 5.96. The standard InChI is InChI=1S/C17H22BrN3/c1-13-12-20(2)8-5-9-21(13)17-15(11-18)10-14-6-3-4-7-16(14)19-17/h3-4,6-7,10,13H,5,8-9,11-12H2,1-2H3. The molecule has 1 fully saturated rings. The van der Waals surface area contributed by atoms with Crippen molar-refractivity contribution >= 4 is 32.7 Å². The Morgan fingerprint density at radius 2 is 2.10 bits per heavy atom. The number of rotatable bonds is 2. The summed E-state index contributed by atoms with van der Waals surface area (Å²) in [6.07, 6.45) is 1.19. The smallest absolute Gasteiger partial charge is 0.133 e. The molecular weight excluding hydrogens is 326 g/mol. The van der Waals surface area contributed by atoms with Gasteiger partial charge in [0.05, 0.1) is 5.52 Å². The second kappa shape index (κ2) is 6.32. The summed E-state index contributed by atoms with van der Waals surface area (Å²) in [6.45, 7) is 5.64. The van der Waals surface area contributed by atoms with E-state index in [0.29, 0.717) is 6.04 Å². The van der Waals surface area contributed by atoms with Gasteiger partial charge >= 0.3 is 0 Å². The summed E-state index contributed by atoms with van der Waals surface area (Å²) in [7, 11) is 2.21. The Bertz CT molecular complexity index is 628. The van der Waals surface area contributed by atoms with E-state index in [2.05, 4.69) is 70.0 Å². The third kappa shape index (κ3) is 3.06. The first-order chi connectivity index (χ1) is 10.2. The molecule has 2 heterocycles. The van der Waals surface area contributed by atoms with Crippen LogP contribution in [0.1, 0.15) is 18.9 Å². The number of halogens is 1. The van der Waals surface area contributed by atoms with Crippen LogP contribution in [-0.2, 0) is 5.33 Å². The van der Waals surface area contributed by atoms with Crippen LogP contribution in [0.2, 0.25) is 0 Å². The third-order valence-electron chi connectivity index (χ3n) is 4.24. The van der Waals surface area contributed by atoms with Gasteiger partial charge in [-0.15, -0.1) is 0 Å². The maximum atomic E-state index is 4.96. The van der Waals surface area contributed by atoms with Crippen LogP contribution in [0.3, 0.4) is 0 Å². The second-order valence-corrected chi connectivity index (χ2v) is 6.52. The lowest BCUT2D eigenvalue weighted by molar-refractivity contribution is 0.337. The van der Waals surface area contributed by atoms with Crippen LogP contribution >= 0.6 is 15.9 Å². The Morgan fingerprint density at radius 1 is 1.29 bits per heavy atom. The maximum absolute atomic E-state index is 4.96. The molecule has 0 N–H and O–H groups in total. The van der Waals surface area contributed by atoms with E-state index in [1.165, 1.54) is 17.4 Å². The van der Waals surface area contributed by atoms with Crippen LogP contribution in [0, 0.1) is 0 Å². The average Bonchev–Trinajstić information content (AvgIpc) is 2.66. The highest BCUT2D eigenvalue weighted by Gasteiger charge is 2.23. The third-order valence-corrected chi connectivity index (χ3v) is 4.85. The Labute approximate surface area is 135 Å². The molecule has 0 aliphatic carbocycles. The van der Waals surface area contributed by atoms with E-state index in [9.17, 15) is 0 Å². The molecular formula is C17H22BrN3. The predicted molar refractivity (Wildman–Crippen MR) is 93.3 cm³/mol. The van der Waals surface area contributed by atoms with E-state index in [1.54, 1.807) is 0 Å². The van der Waals surface area contributed by atoms with Gasteiger partial charge in [-0.3, -0.25) is 0 Å². The lowest BCUT2D eigenvalue weighted by atomic mass is 10.1.